The van der Waals surface area contributed by atoms with Crippen LogP contribution < -0.4 is 0 Å². The maximum absolute atomic E-state index is 4.46. The van der Waals surface area contributed by atoms with Gasteiger partial charge in [-0.15, -0.1) is 11.3 Å². The summed E-state index contributed by atoms with van der Waals surface area (Å²) in [5.41, 5.74) is 1.09. The summed E-state index contributed by atoms with van der Waals surface area (Å²) in [5, 5.41) is 3.29. The number of hydrogen-bond donors (Lipinski definition) is 1. The molecule has 0 spiro atoms. The number of thiol groups is 1. The molecule has 4 heteroatoms. The van der Waals surface area contributed by atoms with E-state index in [1.54, 1.807) is 11.3 Å². The molecule has 1 aromatic rings. The zero-order valence-electron chi connectivity index (χ0n) is 8.16. The number of rotatable bonds is 5. The van der Waals surface area contributed by atoms with E-state index in [-0.39, 0.29) is 0 Å². The Bertz CT molecular complexity index is 244. The maximum atomic E-state index is 4.46. The fraction of sp³-hybridized carbons (Fsp3) is 0.667. The second kappa shape index (κ2) is 5.62. The molecule has 1 rings (SSSR count). The van der Waals surface area contributed by atoms with Crippen molar-refractivity contribution in [1.82, 2.24) is 9.88 Å². The van der Waals surface area contributed by atoms with Gasteiger partial charge in [0.05, 0.1) is 12.2 Å². The van der Waals surface area contributed by atoms with E-state index in [1.165, 1.54) is 5.01 Å². The van der Waals surface area contributed by atoms with E-state index in [2.05, 4.69) is 41.7 Å². The van der Waals surface area contributed by atoms with Crippen molar-refractivity contribution >= 4 is 24.0 Å². The summed E-state index contributed by atoms with van der Waals surface area (Å²) in [4.78, 5) is 6.83. The summed E-state index contributed by atoms with van der Waals surface area (Å²) in [6.07, 6.45) is 0. The first-order chi connectivity index (χ1) is 6.30. The normalized spacial score (nSPS) is 11.1. The van der Waals surface area contributed by atoms with E-state index >= 15 is 0 Å². The van der Waals surface area contributed by atoms with Crippen molar-refractivity contribution in [3.63, 3.8) is 0 Å². The van der Waals surface area contributed by atoms with E-state index in [0.29, 0.717) is 0 Å². The van der Waals surface area contributed by atoms with Gasteiger partial charge in [0, 0.05) is 11.1 Å². The van der Waals surface area contributed by atoms with E-state index in [4.69, 9.17) is 0 Å². The molecule has 0 atom stereocenters. The molecule has 0 amide bonds. The summed E-state index contributed by atoms with van der Waals surface area (Å²) in [7, 11) is 0. The second-order valence-corrected chi connectivity index (χ2v) is 4.11. The fourth-order valence-electron chi connectivity index (χ4n) is 1.13. The van der Waals surface area contributed by atoms with Crippen LogP contribution in [0.2, 0.25) is 0 Å². The van der Waals surface area contributed by atoms with Gasteiger partial charge in [0.1, 0.15) is 5.01 Å². The van der Waals surface area contributed by atoms with Gasteiger partial charge in [-0.3, -0.25) is 4.90 Å². The van der Waals surface area contributed by atoms with E-state index in [0.717, 1.165) is 31.1 Å². The summed E-state index contributed by atoms with van der Waals surface area (Å²) < 4.78 is 0. The Labute approximate surface area is 89.4 Å². The molecule has 0 saturated heterocycles. The lowest BCUT2D eigenvalue weighted by Crippen LogP contribution is -2.21. The summed E-state index contributed by atoms with van der Waals surface area (Å²) in [6, 6.07) is 0. The predicted molar refractivity (Wildman–Crippen MR) is 61.4 cm³/mol. The van der Waals surface area contributed by atoms with Gasteiger partial charge >= 0.3 is 0 Å². The van der Waals surface area contributed by atoms with Crippen LogP contribution in [0.25, 0.3) is 0 Å². The summed E-state index contributed by atoms with van der Waals surface area (Å²) >= 11 is 5.92. The van der Waals surface area contributed by atoms with Crippen molar-refractivity contribution < 1.29 is 0 Å². The number of nitrogens with zero attached hydrogens (tertiary/aromatic N) is 2. The average Bonchev–Trinajstić information content (AvgIpc) is 2.61. The Hall–Kier alpha value is -0.0600. The second-order valence-electron chi connectivity index (χ2n) is 2.85. The lowest BCUT2D eigenvalue weighted by atomic mass is 10.5. The van der Waals surface area contributed by atoms with Crippen LogP contribution in [0.4, 0.5) is 0 Å². The topological polar surface area (TPSA) is 16.1 Å². The smallest absolute Gasteiger partial charge is 0.107 e. The highest BCUT2D eigenvalue weighted by molar-refractivity contribution is 7.79. The van der Waals surface area contributed by atoms with Gasteiger partial charge in [0.15, 0.2) is 0 Å². The van der Waals surface area contributed by atoms with Crippen LogP contribution in [0.15, 0.2) is 5.38 Å². The fourth-order valence-corrected chi connectivity index (χ4v) is 2.25. The van der Waals surface area contributed by atoms with Crippen LogP contribution in [0, 0.1) is 0 Å². The lowest BCUT2D eigenvalue weighted by molar-refractivity contribution is 0.295. The number of thiazole rings is 1. The molecule has 0 aromatic carbocycles. The molecule has 0 aliphatic heterocycles. The number of hydrogen-bond acceptors (Lipinski definition) is 4. The molecule has 2 nitrogen and oxygen atoms in total. The SMILES string of the molecule is CCN(CC)Cc1nc(CS)cs1. The zero-order valence-corrected chi connectivity index (χ0v) is 9.87. The quantitative estimate of drug-likeness (QED) is 0.761. The van der Waals surface area contributed by atoms with E-state index in [1.807, 2.05) is 0 Å². The predicted octanol–water partition coefficient (Wildman–Crippen LogP) is 2.41. The molecule has 1 aromatic heterocycles. The third-order valence-electron chi connectivity index (χ3n) is 2.01. The molecule has 0 unspecified atom stereocenters. The van der Waals surface area contributed by atoms with Crippen molar-refractivity contribution in [2.75, 3.05) is 13.1 Å². The minimum Gasteiger partial charge on any atom is -0.297 e. The van der Waals surface area contributed by atoms with Crippen molar-refractivity contribution in [2.45, 2.75) is 26.1 Å². The van der Waals surface area contributed by atoms with Crippen LogP contribution >= 0.6 is 24.0 Å². The van der Waals surface area contributed by atoms with E-state index in [9.17, 15) is 0 Å². The molecule has 0 bridgehead atoms. The van der Waals surface area contributed by atoms with Crippen molar-refractivity contribution in [3.05, 3.63) is 16.1 Å². The highest BCUT2D eigenvalue weighted by Gasteiger charge is 2.04. The molecule has 0 fully saturated rings. The minimum atomic E-state index is 0.745. The first kappa shape index (κ1) is 11.0. The molecule has 0 radical (unpaired) electrons. The molecule has 74 valence electrons. The van der Waals surface area contributed by atoms with Crippen LogP contribution in [0.3, 0.4) is 0 Å². The lowest BCUT2D eigenvalue weighted by Gasteiger charge is -2.15. The van der Waals surface area contributed by atoms with Crippen LogP contribution in [0.1, 0.15) is 24.5 Å². The Kier molecular flexibility index (Phi) is 4.77. The Morgan fingerprint density at radius 3 is 2.62 bits per heavy atom. The molecule has 0 aliphatic carbocycles. The molecule has 13 heavy (non-hydrogen) atoms. The minimum absolute atomic E-state index is 0.745. The Balaban J connectivity index is 2.52. The van der Waals surface area contributed by atoms with Gasteiger partial charge in [-0.05, 0) is 13.1 Å². The van der Waals surface area contributed by atoms with Crippen molar-refractivity contribution in [1.29, 1.82) is 0 Å². The van der Waals surface area contributed by atoms with Gasteiger partial charge in [-0.1, -0.05) is 13.8 Å². The molecule has 0 N–H and O–H groups in total. The summed E-state index contributed by atoms with van der Waals surface area (Å²) in [5.74, 6) is 0.745. The van der Waals surface area contributed by atoms with Gasteiger partial charge in [0.2, 0.25) is 0 Å². The monoisotopic (exact) mass is 216 g/mol. The standard InChI is InChI=1S/C9H16N2S2/c1-3-11(4-2)5-9-10-8(6-12)7-13-9/h7,12H,3-6H2,1-2H3. The first-order valence-electron chi connectivity index (χ1n) is 4.56. The molecular formula is C9H16N2S2. The third-order valence-corrected chi connectivity index (χ3v) is 3.22. The van der Waals surface area contributed by atoms with Crippen molar-refractivity contribution in [2.24, 2.45) is 0 Å². The third kappa shape index (κ3) is 3.29. The maximum Gasteiger partial charge on any atom is 0.107 e. The summed E-state index contributed by atoms with van der Waals surface area (Å²) in [6.45, 7) is 7.51. The van der Waals surface area contributed by atoms with Crippen LogP contribution in [-0.4, -0.2) is 23.0 Å². The largest absolute Gasteiger partial charge is 0.297 e. The van der Waals surface area contributed by atoms with Crippen LogP contribution in [-0.2, 0) is 12.3 Å². The average molecular weight is 216 g/mol. The van der Waals surface area contributed by atoms with Gasteiger partial charge in [-0.2, -0.15) is 12.6 Å². The van der Waals surface area contributed by atoms with E-state index < -0.39 is 0 Å². The van der Waals surface area contributed by atoms with Crippen molar-refractivity contribution in [3.8, 4) is 0 Å². The van der Waals surface area contributed by atoms with Gasteiger partial charge < -0.3 is 0 Å². The van der Waals surface area contributed by atoms with Gasteiger partial charge in [0.25, 0.3) is 0 Å². The zero-order chi connectivity index (χ0) is 9.68. The highest BCUT2D eigenvalue weighted by Crippen LogP contribution is 2.13. The molecular weight excluding hydrogens is 200 g/mol. The number of aromatic nitrogens is 1. The highest BCUT2D eigenvalue weighted by atomic mass is 32.1. The molecule has 0 saturated carbocycles. The van der Waals surface area contributed by atoms with Crippen LogP contribution in [0.5, 0.6) is 0 Å². The Morgan fingerprint density at radius 2 is 2.15 bits per heavy atom. The molecule has 0 aliphatic rings. The Morgan fingerprint density at radius 1 is 1.46 bits per heavy atom. The first-order valence-corrected chi connectivity index (χ1v) is 6.07. The van der Waals surface area contributed by atoms with Gasteiger partial charge in [-0.25, -0.2) is 4.98 Å². The molecule has 1 heterocycles.